The molecule has 0 unspecified atom stereocenters. The Bertz CT molecular complexity index is 1540. The molecule has 10 heteroatoms. The second-order valence-corrected chi connectivity index (χ2v) is 11.7. The second-order valence-electron chi connectivity index (χ2n) is 10.8. The number of thiazole rings is 1. The van der Waals surface area contributed by atoms with Crippen molar-refractivity contribution in [2.75, 3.05) is 18.5 Å². The number of benzene rings is 3. The highest BCUT2D eigenvalue weighted by Crippen LogP contribution is 2.44. The van der Waals surface area contributed by atoms with Crippen molar-refractivity contribution in [3.8, 4) is 22.4 Å². The molecule has 0 fully saturated rings. The first-order chi connectivity index (χ1) is 20.2. The number of rotatable bonds is 8. The van der Waals surface area contributed by atoms with E-state index in [0.717, 1.165) is 27.8 Å². The van der Waals surface area contributed by atoms with Crippen molar-refractivity contribution in [2.45, 2.75) is 38.3 Å². The van der Waals surface area contributed by atoms with Crippen molar-refractivity contribution in [2.24, 2.45) is 0 Å². The van der Waals surface area contributed by atoms with E-state index in [0.29, 0.717) is 10.8 Å². The van der Waals surface area contributed by atoms with Crippen LogP contribution in [0.2, 0.25) is 0 Å². The van der Waals surface area contributed by atoms with Gasteiger partial charge < -0.3 is 25.4 Å². The van der Waals surface area contributed by atoms with E-state index in [4.69, 9.17) is 9.47 Å². The number of hydrogen-bond donors (Lipinski definition) is 3. The van der Waals surface area contributed by atoms with Crippen LogP contribution in [-0.2, 0) is 14.3 Å². The first-order valence-corrected chi connectivity index (χ1v) is 14.5. The molecule has 0 spiro atoms. The van der Waals surface area contributed by atoms with Gasteiger partial charge in [0.2, 0.25) is 0 Å². The molecule has 216 valence electrons. The summed E-state index contributed by atoms with van der Waals surface area (Å²) in [5.41, 5.74) is 5.28. The lowest BCUT2D eigenvalue weighted by Gasteiger charge is -2.23. The lowest BCUT2D eigenvalue weighted by atomic mass is 9.98. The molecule has 42 heavy (non-hydrogen) atoms. The summed E-state index contributed by atoms with van der Waals surface area (Å²) in [6.07, 6.45) is -1.50. The van der Waals surface area contributed by atoms with Gasteiger partial charge in [-0.1, -0.05) is 78.9 Å². The Morgan fingerprint density at radius 1 is 0.881 bits per heavy atom. The fourth-order valence-corrected chi connectivity index (χ4v) is 5.48. The zero-order chi connectivity index (χ0) is 29.7. The Labute approximate surface area is 248 Å². The van der Waals surface area contributed by atoms with Crippen LogP contribution in [0.4, 0.5) is 14.7 Å². The molecule has 4 aromatic rings. The van der Waals surface area contributed by atoms with E-state index in [-0.39, 0.29) is 19.1 Å². The summed E-state index contributed by atoms with van der Waals surface area (Å²) in [6.45, 7) is 5.06. The normalized spacial score (nSPS) is 12.9. The van der Waals surface area contributed by atoms with E-state index in [1.165, 1.54) is 11.3 Å². The van der Waals surface area contributed by atoms with E-state index in [9.17, 15) is 14.4 Å². The minimum atomic E-state index is -1.15. The predicted octanol–water partition coefficient (Wildman–Crippen LogP) is 6.18. The molecule has 5 rings (SSSR count). The molecule has 1 aliphatic rings. The van der Waals surface area contributed by atoms with E-state index in [2.05, 4.69) is 33.1 Å². The van der Waals surface area contributed by atoms with E-state index in [1.54, 1.807) is 20.8 Å². The minimum Gasteiger partial charge on any atom is -0.449 e. The van der Waals surface area contributed by atoms with Gasteiger partial charge in [-0.05, 0) is 43.0 Å². The van der Waals surface area contributed by atoms with Crippen molar-refractivity contribution >= 4 is 34.6 Å². The van der Waals surface area contributed by atoms with E-state index < -0.39 is 29.7 Å². The minimum absolute atomic E-state index is 0.106. The average Bonchev–Trinajstić information content (AvgIpc) is 3.56. The van der Waals surface area contributed by atoms with Crippen LogP contribution < -0.4 is 16.0 Å². The number of alkyl carbamates (subject to hydrolysis) is 2. The van der Waals surface area contributed by atoms with Crippen LogP contribution in [0.15, 0.2) is 84.2 Å². The Kier molecular flexibility index (Phi) is 8.53. The van der Waals surface area contributed by atoms with Gasteiger partial charge in [0.1, 0.15) is 18.2 Å². The largest absolute Gasteiger partial charge is 0.449 e. The highest BCUT2D eigenvalue weighted by Gasteiger charge is 2.30. The van der Waals surface area contributed by atoms with Gasteiger partial charge in [-0.3, -0.25) is 4.79 Å². The predicted molar refractivity (Wildman–Crippen MR) is 162 cm³/mol. The van der Waals surface area contributed by atoms with Crippen molar-refractivity contribution in [3.63, 3.8) is 0 Å². The van der Waals surface area contributed by atoms with Gasteiger partial charge in [0.25, 0.3) is 5.91 Å². The Morgan fingerprint density at radius 3 is 2.14 bits per heavy atom. The van der Waals surface area contributed by atoms with Gasteiger partial charge in [-0.15, -0.1) is 11.3 Å². The molecule has 0 saturated carbocycles. The number of ether oxygens (including phenoxy) is 2. The quantitative estimate of drug-likeness (QED) is 0.228. The number of nitrogens with zero attached hydrogens (tertiary/aromatic N) is 1. The lowest BCUT2D eigenvalue weighted by Crippen LogP contribution is -2.51. The lowest BCUT2D eigenvalue weighted by molar-refractivity contribution is -0.118. The van der Waals surface area contributed by atoms with Crippen LogP contribution >= 0.6 is 11.3 Å². The molecule has 1 heterocycles. The highest BCUT2D eigenvalue weighted by molar-refractivity contribution is 7.14. The summed E-state index contributed by atoms with van der Waals surface area (Å²) in [7, 11) is 0. The van der Waals surface area contributed by atoms with E-state index >= 15 is 0 Å². The van der Waals surface area contributed by atoms with Crippen LogP contribution in [0, 0.1) is 0 Å². The summed E-state index contributed by atoms with van der Waals surface area (Å²) >= 11 is 1.26. The number of anilines is 1. The third-order valence-electron chi connectivity index (χ3n) is 6.61. The van der Waals surface area contributed by atoms with Crippen LogP contribution in [-0.4, -0.2) is 47.9 Å². The number of carbonyl (C=O) groups excluding carboxylic acids is 3. The zero-order valence-corrected chi connectivity index (χ0v) is 24.4. The van der Waals surface area contributed by atoms with Gasteiger partial charge >= 0.3 is 12.2 Å². The maximum absolute atomic E-state index is 13.2. The molecule has 0 aliphatic heterocycles. The summed E-state index contributed by atoms with van der Waals surface area (Å²) in [4.78, 5) is 43.0. The molecule has 3 amide bonds. The second kappa shape index (κ2) is 12.4. The van der Waals surface area contributed by atoms with Crippen LogP contribution in [0.1, 0.15) is 37.8 Å². The highest BCUT2D eigenvalue weighted by atomic mass is 32.1. The number of hydrogen-bond acceptors (Lipinski definition) is 7. The molecule has 3 aromatic carbocycles. The first-order valence-electron chi connectivity index (χ1n) is 13.6. The molecular formula is C32H32N4O5S. The molecule has 1 aromatic heterocycles. The third kappa shape index (κ3) is 6.95. The summed E-state index contributed by atoms with van der Waals surface area (Å²) in [6, 6.07) is 24.5. The Morgan fingerprint density at radius 2 is 1.50 bits per heavy atom. The van der Waals surface area contributed by atoms with Crippen molar-refractivity contribution < 1.29 is 23.9 Å². The molecule has 0 bridgehead atoms. The van der Waals surface area contributed by atoms with Crippen LogP contribution in [0.25, 0.3) is 22.4 Å². The standard InChI is InChI=1S/C32H32N4O5S/c1-32(2,3)41-31(39)35-26(28(37)36-29-34-27(19-42-29)20-11-5-4-6-12-20)17-33-30(38)40-18-25-23-15-9-7-13-21(23)22-14-8-10-16-24(22)25/h4-16,19,25-26H,17-18H2,1-3H3,(H,33,38)(H,35,39)(H,34,36,37)/t26-/m0/s1. The maximum Gasteiger partial charge on any atom is 0.408 e. The topological polar surface area (TPSA) is 119 Å². The zero-order valence-electron chi connectivity index (χ0n) is 23.5. The first kappa shape index (κ1) is 28.8. The third-order valence-corrected chi connectivity index (χ3v) is 7.36. The molecule has 0 saturated heterocycles. The Balaban J connectivity index is 1.22. The SMILES string of the molecule is CC(C)(C)OC(=O)N[C@@H](CNC(=O)OCC1c2ccccc2-c2ccccc21)C(=O)Nc1nc(-c2ccccc2)cs1. The fourth-order valence-electron chi connectivity index (χ4n) is 4.76. The van der Waals surface area contributed by atoms with Gasteiger partial charge in [0.15, 0.2) is 5.13 Å². The number of carbonyl (C=O) groups is 3. The number of amides is 3. The number of fused-ring (bicyclic) bond motifs is 3. The van der Waals surface area contributed by atoms with Crippen molar-refractivity contribution in [1.82, 2.24) is 15.6 Å². The number of aromatic nitrogens is 1. The van der Waals surface area contributed by atoms with E-state index in [1.807, 2.05) is 72.1 Å². The van der Waals surface area contributed by atoms with Crippen LogP contribution in [0.3, 0.4) is 0 Å². The maximum atomic E-state index is 13.2. The fraction of sp³-hybridized carbons (Fsp3) is 0.250. The van der Waals surface area contributed by atoms with Crippen molar-refractivity contribution in [1.29, 1.82) is 0 Å². The molecule has 3 N–H and O–H groups in total. The smallest absolute Gasteiger partial charge is 0.408 e. The summed E-state index contributed by atoms with van der Waals surface area (Å²) in [5, 5.41) is 10.1. The number of nitrogens with one attached hydrogen (secondary N) is 3. The molecule has 9 nitrogen and oxygen atoms in total. The van der Waals surface area contributed by atoms with Gasteiger partial charge in [0, 0.05) is 16.9 Å². The van der Waals surface area contributed by atoms with Gasteiger partial charge in [-0.2, -0.15) is 0 Å². The Hall–Kier alpha value is -4.70. The van der Waals surface area contributed by atoms with Gasteiger partial charge in [-0.25, -0.2) is 14.6 Å². The van der Waals surface area contributed by atoms with Gasteiger partial charge in [0.05, 0.1) is 12.2 Å². The summed E-state index contributed by atoms with van der Waals surface area (Å²) < 4.78 is 10.9. The molecular weight excluding hydrogens is 552 g/mol. The van der Waals surface area contributed by atoms with Crippen LogP contribution in [0.5, 0.6) is 0 Å². The molecule has 1 atom stereocenters. The van der Waals surface area contributed by atoms with Crippen molar-refractivity contribution in [3.05, 3.63) is 95.4 Å². The monoisotopic (exact) mass is 584 g/mol. The molecule has 0 radical (unpaired) electrons. The molecule has 1 aliphatic carbocycles. The average molecular weight is 585 g/mol. The summed E-state index contributed by atoms with van der Waals surface area (Å²) in [5.74, 6) is -0.667.